The summed E-state index contributed by atoms with van der Waals surface area (Å²) in [5.41, 5.74) is 0. The van der Waals surface area contributed by atoms with E-state index in [2.05, 4.69) is 79.9 Å². The minimum atomic E-state index is -0.669. The molecule has 0 saturated heterocycles. The van der Waals surface area contributed by atoms with E-state index in [1.54, 1.807) is 0 Å². The first kappa shape index (κ1) is 59.1. The predicted molar refractivity (Wildman–Crippen MR) is 271 cm³/mol. The number of aliphatic hydroxyl groups excluding tert-OH is 2. The Bertz CT molecular complexity index is 1010. The summed E-state index contributed by atoms with van der Waals surface area (Å²) in [5.74, 6) is -0.0415. The Kier molecular flexibility index (Phi) is 50.8. The van der Waals surface area contributed by atoms with Crippen LogP contribution in [0.2, 0.25) is 0 Å². The van der Waals surface area contributed by atoms with Crippen LogP contribution in [0.25, 0.3) is 0 Å². The number of allylic oxidation sites excluding steroid dienone is 10. The first-order chi connectivity index (χ1) is 30.2. The molecule has 3 N–H and O–H groups in total. The molecule has 0 radical (unpaired) electrons. The molecule has 4 heteroatoms. The summed E-state index contributed by atoms with van der Waals surface area (Å²) in [4.78, 5) is 12.5. The summed E-state index contributed by atoms with van der Waals surface area (Å²) in [7, 11) is 0. The number of carbonyl (C=O) groups is 1. The zero-order valence-electron chi connectivity index (χ0n) is 40.9. The maximum absolute atomic E-state index is 12.5. The monoisotopic (exact) mass is 852 g/mol. The highest BCUT2D eigenvalue weighted by Gasteiger charge is 2.20. The molecule has 0 bridgehead atoms. The first-order valence-electron chi connectivity index (χ1n) is 27.0. The average molecular weight is 852 g/mol. The van der Waals surface area contributed by atoms with Crippen molar-refractivity contribution < 1.29 is 15.0 Å². The number of carbonyl (C=O) groups excluding carboxylic acids is 1. The van der Waals surface area contributed by atoms with Crippen molar-refractivity contribution in [1.82, 2.24) is 5.32 Å². The minimum absolute atomic E-state index is 0.0415. The van der Waals surface area contributed by atoms with E-state index < -0.39 is 12.1 Å². The number of hydrogen-bond acceptors (Lipinski definition) is 3. The molecule has 0 aliphatic heterocycles. The maximum Gasteiger partial charge on any atom is 0.220 e. The van der Waals surface area contributed by atoms with Crippen LogP contribution >= 0.6 is 0 Å². The van der Waals surface area contributed by atoms with Crippen LogP contribution < -0.4 is 5.32 Å². The Labute approximate surface area is 381 Å². The molecule has 2 atom stereocenters. The lowest BCUT2D eigenvalue weighted by molar-refractivity contribution is -0.123. The topological polar surface area (TPSA) is 69.6 Å². The number of nitrogens with one attached hydrogen (secondary N) is 1. The van der Waals surface area contributed by atoms with Gasteiger partial charge < -0.3 is 15.5 Å². The second-order valence-corrected chi connectivity index (χ2v) is 18.3. The van der Waals surface area contributed by atoms with Gasteiger partial charge in [-0.3, -0.25) is 4.79 Å². The zero-order valence-corrected chi connectivity index (χ0v) is 40.9. The van der Waals surface area contributed by atoms with Crippen molar-refractivity contribution in [2.24, 2.45) is 0 Å². The maximum atomic E-state index is 12.5. The highest BCUT2D eigenvalue weighted by molar-refractivity contribution is 5.76. The number of unbranched alkanes of at least 4 members (excludes halogenated alkanes) is 32. The number of amides is 1. The van der Waals surface area contributed by atoms with Crippen molar-refractivity contribution in [3.8, 4) is 0 Å². The molecular weight excluding hydrogens is 747 g/mol. The summed E-state index contributed by atoms with van der Waals surface area (Å²) in [6.07, 6.45) is 73.4. The van der Waals surface area contributed by atoms with Crippen LogP contribution in [-0.2, 0) is 4.79 Å². The fourth-order valence-corrected chi connectivity index (χ4v) is 8.21. The normalized spacial score (nSPS) is 13.3. The molecule has 0 heterocycles. The van der Waals surface area contributed by atoms with Crippen molar-refractivity contribution in [3.05, 3.63) is 60.8 Å². The van der Waals surface area contributed by atoms with Gasteiger partial charge in [0.1, 0.15) is 0 Å². The number of aliphatic hydroxyl groups is 2. The molecule has 0 aromatic heterocycles. The molecule has 2 unspecified atom stereocenters. The molecule has 0 spiro atoms. The van der Waals surface area contributed by atoms with Crippen LogP contribution in [0, 0.1) is 0 Å². The average Bonchev–Trinajstić information content (AvgIpc) is 3.26. The van der Waals surface area contributed by atoms with Crippen LogP contribution in [0.1, 0.15) is 277 Å². The molecule has 0 saturated carbocycles. The van der Waals surface area contributed by atoms with Crippen molar-refractivity contribution >= 4 is 5.91 Å². The third-order valence-corrected chi connectivity index (χ3v) is 12.3. The van der Waals surface area contributed by atoms with Gasteiger partial charge in [0.25, 0.3) is 0 Å². The Morgan fingerprint density at radius 1 is 0.410 bits per heavy atom. The van der Waals surface area contributed by atoms with E-state index in [0.717, 1.165) is 64.2 Å². The molecule has 0 aliphatic carbocycles. The van der Waals surface area contributed by atoms with E-state index in [1.165, 1.54) is 186 Å². The molecule has 61 heavy (non-hydrogen) atoms. The van der Waals surface area contributed by atoms with Gasteiger partial charge in [-0.1, -0.05) is 274 Å². The zero-order chi connectivity index (χ0) is 44.2. The molecule has 0 rings (SSSR count). The standard InChI is InChI=1S/C57H105NO3/c1-3-5-7-9-11-13-15-17-19-21-23-25-27-28-29-31-32-34-36-38-40-42-44-46-48-50-52-56(60)55(54-59)58-57(61)53-51-49-47-45-43-41-39-37-35-33-30-26-24-22-20-18-16-14-12-10-8-6-4-2/h6,8,12,14,18,20,24,26,33,35,55-56,59-60H,3-5,7,9-11,13,15-17,19,21-23,25,27-32,34,36-54H2,1-2H3,(H,58,61)/b8-6-,14-12-,20-18-,26-24-,35-33-. The molecular formula is C57H105NO3. The van der Waals surface area contributed by atoms with E-state index >= 15 is 0 Å². The second kappa shape index (κ2) is 52.4. The van der Waals surface area contributed by atoms with Crippen molar-refractivity contribution in [2.45, 2.75) is 289 Å². The van der Waals surface area contributed by atoms with Gasteiger partial charge in [0.05, 0.1) is 18.8 Å². The Hall–Kier alpha value is -1.91. The fraction of sp³-hybridized carbons (Fsp3) is 0.807. The van der Waals surface area contributed by atoms with Crippen molar-refractivity contribution in [2.75, 3.05) is 6.61 Å². The van der Waals surface area contributed by atoms with E-state index in [-0.39, 0.29) is 12.5 Å². The molecule has 356 valence electrons. The van der Waals surface area contributed by atoms with Crippen LogP contribution in [-0.4, -0.2) is 34.9 Å². The first-order valence-corrected chi connectivity index (χ1v) is 27.0. The highest BCUT2D eigenvalue weighted by atomic mass is 16.3. The summed E-state index contributed by atoms with van der Waals surface area (Å²) in [5, 5.41) is 23.3. The lowest BCUT2D eigenvalue weighted by atomic mass is 10.0. The molecule has 0 aliphatic rings. The Morgan fingerprint density at radius 2 is 0.721 bits per heavy atom. The van der Waals surface area contributed by atoms with Crippen LogP contribution in [0.15, 0.2) is 60.8 Å². The van der Waals surface area contributed by atoms with E-state index in [1.807, 2.05) is 0 Å². The van der Waals surface area contributed by atoms with E-state index in [4.69, 9.17) is 0 Å². The largest absolute Gasteiger partial charge is 0.394 e. The lowest BCUT2D eigenvalue weighted by Crippen LogP contribution is -2.45. The number of rotatable bonds is 49. The molecule has 4 nitrogen and oxygen atoms in total. The van der Waals surface area contributed by atoms with Gasteiger partial charge in [0.15, 0.2) is 0 Å². The van der Waals surface area contributed by atoms with Gasteiger partial charge in [-0.05, 0) is 57.8 Å². The van der Waals surface area contributed by atoms with Gasteiger partial charge in [-0.25, -0.2) is 0 Å². The third-order valence-electron chi connectivity index (χ3n) is 12.3. The van der Waals surface area contributed by atoms with Crippen LogP contribution in [0.3, 0.4) is 0 Å². The Morgan fingerprint density at radius 3 is 1.08 bits per heavy atom. The quantitative estimate of drug-likeness (QED) is 0.0422. The molecule has 0 aromatic carbocycles. The fourth-order valence-electron chi connectivity index (χ4n) is 8.21. The van der Waals surface area contributed by atoms with Gasteiger partial charge in [0.2, 0.25) is 5.91 Å². The molecule has 1 amide bonds. The van der Waals surface area contributed by atoms with Crippen molar-refractivity contribution in [1.29, 1.82) is 0 Å². The minimum Gasteiger partial charge on any atom is -0.394 e. The summed E-state index contributed by atoms with van der Waals surface area (Å²) < 4.78 is 0. The SMILES string of the molecule is CC/C=C\C/C=C\C/C=C\C/C=C\C/C=C\CCCCCCCCCC(=O)NC(CO)C(O)CCCCCCCCCCCCCCCCCCCCCCCCCCCC. The molecule has 0 fully saturated rings. The predicted octanol–water partition coefficient (Wildman–Crippen LogP) is 17.6. The number of hydrogen-bond donors (Lipinski definition) is 3. The lowest BCUT2D eigenvalue weighted by Gasteiger charge is -2.22. The highest BCUT2D eigenvalue weighted by Crippen LogP contribution is 2.17. The Balaban J connectivity index is 3.50. The van der Waals surface area contributed by atoms with Gasteiger partial charge >= 0.3 is 0 Å². The van der Waals surface area contributed by atoms with Gasteiger partial charge in [-0.15, -0.1) is 0 Å². The van der Waals surface area contributed by atoms with Crippen molar-refractivity contribution in [3.63, 3.8) is 0 Å². The summed E-state index contributed by atoms with van der Waals surface area (Å²) >= 11 is 0. The van der Waals surface area contributed by atoms with Gasteiger partial charge in [-0.2, -0.15) is 0 Å². The summed E-state index contributed by atoms with van der Waals surface area (Å²) in [6, 6.07) is -0.547. The second-order valence-electron chi connectivity index (χ2n) is 18.3. The molecule has 0 aromatic rings. The van der Waals surface area contributed by atoms with Crippen LogP contribution in [0.5, 0.6) is 0 Å². The van der Waals surface area contributed by atoms with E-state index in [9.17, 15) is 15.0 Å². The van der Waals surface area contributed by atoms with Crippen LogP contribution in [0.4, 0.5) is 0 Å². The summed E-state index contributed by atoms with van der Waals surface area (Å²) in [6.45, 7) is 4.26. The van der Waals surface area contributed by atoms with E-state index in [0.29, 0.717) is 12.8 Å². The third kappa shape index (κ3) is 49.0. The van der Waals surface area contributed by atoms with Gasteiger partial charge in [0, 0.05) is 6.42 Å². The smallest absolute Gasteiger partial charge is 0.220 e.